The molecule has 1 N–H and O–H groups in total. The molecule has 0 fully saturated rings. The number of hydrogen-bond acceptors (Lipinski definition) is 5. The van der Waals surface area contributed by atoms with Crippen molar-refractivity contribution in [3.8, 4) is 11.5 Å². The molecule has 1 atom stereocenters. The maximum Gasteiger partial charge on any atom is 0.166 e. The minimum atomic E-state index is -0.613. The Morgan fingerprint density at radius 1 is 1.26 bits per heavy atom. The van der Waals surface area contributed by atoms with Crippen molar-refractivity contribution in [3.05, 3.63) is 48.0 Å². The highest BCUT2D eigenvalue weighted by molar-refractivity contribution is 5.41. The monoisotopic (exact) mass is 260 g/mol. The Bertz CT molecular complexity index is 529. The highest BCUT2D eigenvalue weighted by Gasteiger charge is 2.11. The lowest BCUT2D eigenvalue weighted by Gasteiger charge is -2.14. The predicted octanol–water partition coefficient (Wildman–Crippen LogP) is 2.12. The van der Waals surface area contributed by atoms with E-state index in [0.29, 0.717) is 22.9 Å². The Kier molecular flexibility index (Phi) is 4.30. The van der Waals surface area contributed by atoms with E-state index in [1.165, 1.54) is 0 Å². The fraction of sp³-hybridized carbons (Fsp3) is 0.286. The zero-order valence-corrected chi connectivity index (χ0v) is 10.9. The largest absolute Gasteiger partial charge is 0.497 e. The van der Waals surface area contributed by atoms with E-state index in [1.54, 1.807) is 50.7 Å². The number of methoxy groups -OCH3 is 1. The van der Waals surface area contributed by atoms with Gasteiger partial charge in [0.05, 0.1) is 13.2 Å². The van der Waals surface area contributed by atoms with E-state index in [-0.39, 0.29) is 6.61 Å². The van der Waals surface area contributed by atoms with Crippen molar-refractivity contribution in [1.82, 2.24) is 9.97 Å². The van der Waals surface area contributed by atoms with Crippen molar-refractivity contribution in [2.75, 3.05) is 7.11 Å². The lowest BCUT2D eigenvalue weighted by molar-refractivity contribution is 0.189. The molecule has 2 aromatic rings. The Labute approximate surface area is 111 Å². The Morgan fingerprint density at radius 3 is 2.63 bits per heavy atom. The molecule has 0 amide bonds. The van der Waals surface area contributed by atoms with Gasteiger partial charge in [0.1, 0.15) is 18.1 Å². The molecular formula is C14H16N2O3. The van der Waals surface area contributed by atoms with Crippen molar-refractivity contribution < 1.29 is 14.6 Å². The van der Waals surface area contributed by atoms with Crippen LogP contribution in [0.15, 0.2) is 36.7 Å². The summed E-state index contributed by atoms with van der Waals surface area (Å²) in [5, 5.41) is 9.71. The molecule has 0 unspecified atom stereocenters. The lowest BCUT2D eigenvalue weighted by atomic mass is 10.1. The van der Waals surface area contributed by atoms with Crippen molar-refractivity contribution in [1.29, 1.82) is 0 Å². The van der Waals surface area contributed by atoms with Gasteiger partial charge in [0.25, 0.3) is 0 Å². The summed E-state index contributed by atoms with van der Waals surface area (Å²) >= 11 is 0. The Morgan fingerprint density at radius 2 is 2.00 bits per heavy atom. The van der Waals surface area contributed by atoms with Gasteiger partial charge < -0.3 is 14.6 Å². The molecule has 1 heterocycles. The van der Waals surface area contributed by atoms with Gasteiger partial charge >= 0.3 is 0 Å². The summed E-state index contributed by atoms with van der Waals surface area (Å²) in [7, 11) is 1.58. The predicted molar refractivity (Wildman–Crippen MR) is 70.0 cm³/mol. The smallest absolute Gasteiger partial charge is 0.166 e. The first-order chi connectivity index (χ1) is 9.20. The quantitative estimate of drug-likeness (QED) is 0.892. The SMILES string of the molecule is COc1ccc([C@H](C)O)c(OCc2ncccn2)c1. The topological polar surface area (TPSA) is 64.5 Å². The summed E-state index contributed by atoms with van der Waals surface area (Å²) in [5.41, 5.74) is 0.705. The minimum Gasteiger partial charge on any atom is -0.497 e. The van der Waals surface area contributed by atoms with Gasteiger partial charge in [-0.2, -0.15) is 0 Å². The summed E-state index contributed by atoms with van der Waals surface area (Å²) in [4.78, 5) is 8.16. The fourth-order valence-electron chi connectivity index (χ4n) is 1.66. The summed E-state index contributed by atoms with van der Waals surface area (Å²) in [6, 6.07) is 7.06. The molecule has 0 aliphatic heterocycles. The second kappa shape index (κ2) is 6.15. The van der Waals surface area contributed by atoms with Crippen LogP contribution in [0, 0.1) is 0 Å². The molecule has 2 rings (SSSR count). The number of hydrogen-bond donors (Lipinski definition) is 1. The van der Waals surface area contributed by atoms with Gasteiger partial charge in [0.15, 0.2) is 5.82 Å². The van der Waals surface area contributed by atoms with E-state index in [2.05, 4.69) is 9.97 Å². The van der Waals surface area contributed by atoms with Crippen LogP contribution in [0.2, 0.25) is 0 Å². The van der Waals surface area contributed by atoms with E-state index in [9.17, 15) is 5.11 Å². The summed E-state index contributed by atoms with van der Waals surface area (Å²) < 4.78 is 10.8. The molecule has 0 aliphatic carbocycles. The van der Waals surface area contributed by atoms with E-state index in [1.807, 2.05) is 0 Å². The lowest BCUT2D eigenvalue weighted by Crippen LogP contribution is -2.04. The van der Waals surface area contributed by atoms with Crippen LogP contribution in [-0.4, -0.2) is 22.2 Å². The number of benzene rings is 1. The minimum absolute atomic E-state index is 0.244. The maximum absolute atomic E-state index is 9.71. The number of rotatable bonds is 5. The number of ether oxygens (including phenoxy) is 2. The van der Waals surface area contributed by atoms with Gasteiger partial charge in [-0.25, -0.2) is 9.97 Å². The normalized spacial score (nSPS) is 11.9. The van der Waals surface area contributed by atoms with E-state index < -0.39 is 6.10 Å². The van der Waals surface area contributed by atoms with Crippen molar-refractivity contribution in [3.63, 3.8) is 0 Å². The highest BCUT2D eigenvalue weighted by atomic mass is 16.5. The van der Waals surface area contributed by atoms with Crippen LogP contribution in [0.5, 0.6) is 11.5 Å². The summed E-state index contributed by atoms with van der Waals surface area (Å²) in [6.45, 7) is 1.93. The van der Waals surface area contributed by atoms with Crippen LogP contribution in [0.25, 0.3) is 0 Å². The van der Waals surface area contributed by atoms with E-state index in [0.717, 1.165) is 0 Å². The van der Waals surface area contributed by atoms with Crippen molar-refractivity contribution in [2.45, 2.75) is 19.6 Å². The first kappa shape index (κ1) is 13.3. The molecule has 5 nitrogen and oxygen atoms in total. The molecule has 0 aliphatic rings. The third kappa shape index (κ3) is 3.42. The van der Waals surface area contributed by atoms with Gasteiger partial charge in [-0.3, -0.25) is 0 Å². The third-order valence-electron chi connectivity index (χ3n) is 2.65. The molecule has 0 saturated carbocycles. The molecule has 1 aromatic carbocycles. The van der Waals surface area contributed by atoms with Crippen LogP contribution in [-0.2, 0) is 6.61 Å². The van der Waals surface area contributed by atoms with Gasteiger partial charge in [-0.15, -0.1) is 0 Å². The number of aliphatic hydroxyl groups is 1. The first-order valence-electron chi connectivity index (χ1n) is 5.95. The van der Waals surface area contributed by atoms with Gasteiger partial charge in [-0.1, -0.05) is 0 Å². The molecule has 0 bridgehead atoms. The van der Waals surface area contributed by atoms with Crippen LogP contribution < -0.4 is 9.47 Å². The van der Waals surface area contributed by atoms with Crippen molar-refractivity contribution >= 4 is 0 Å². The van der Waals surface area contributed by atoms with E-state index in [4.69, 9.17) is 9.47 Å². The molecule has 100 valence electrons. The number of nitrogens with zero attached hydrogens (tertiary/aromatic N) is 2. The fourth-order valence-corrected chi connectivity index (χ4v) is 1.66. The third-order valence-corrected chi connectivity index (χ3v) is 2.65. The second-order valence-corrected chi connectivity index (χ2v) is 4.03. The summed E-state index contributed by atoms with van der Waals surface area (Å²) in [5.74, 6) is 1.83. The maximum atomic E-state index is 9.71. The zero-order valence-electron chi connectivity index (χ0n) is 10.9. The zero-order chi connectivity index (χ0) is 13.7. The van der Waals surface area contributed by atoms with Crippen LogP contribution in [0.1, 0.15) is 24.4 Å². The standard InChI is InChI=1S/C14H16N2O3/c1-10(17)12-5-4-11(18-2)8-13(12)19-9-14-15-6-3-7-16-14/h3-8,10,17H,9H2,1-2H3/t10-/m0/s1. The van der Waals surface area contributed by atoms with Crippen molar-refractivity contribution in [2.24, 2.45) is 0 Å². The highest BCUT2D eigenvalue weighted by Crippen LogP contribution is 2.29. The molecule has 0 radical (unpaired) electrons. The Hall–Kier alpha value is -2.14. The molecular weight excluding hydrogens is 244 g/mol. The average Bonchev–Trinajstić information content (AvgIpc) is 2.45. The van der Waals surface area contributed by atoms with Crippen LogP contribution >= 0.6 is 0 Å². The number of aromatic nitrogens is 2. The molecule has 0 spiro atoms. The van der Waals surface area contributed by atoms with E-state index >= 15 is 0 Å². The second-order valence-electron chi connectivity index (χ2n) is 4.03. The van der Waals surface area contributed by atoms with Gasteiger partial charge in [0.2, 0.25) is 0 Å². The molecule has 5 heteroatoms. The van der Waals surface area contributed by atoms with Gasteiger partial charge in [-0.05, 0) is 25.1 Å². The van der Waals surface area contributed by atoms with Gasteiger partial charge in [0, 0.05) is 24.0 Å². The number of aliphatic hydroxyl groups excluding tert-OH is 1. The van der Waals surface area contributed by atoms with Crippen LogP contribution in [0.4, 0.5) is 0 Å². The molecule has 19 heavy (non-hydrogen) atoms. The first-order valence-corrected chi connectivity index (χ1v) is 5.95. The Balaban J connectivity index is 2.18. The molecule has 1 aromatic heterocycles. The summed E-state index contributed by atoms with van der Waals surface area (Å²) in [6.07, 6.45) is 2.71. The molecule has 0 saturated heterocycles. The van der Waals surface area contributed by atoms with Crippen LogP contribution in [0.3, 0.4) is 0 Å². The average molecular weight is 260 g/mol.